The second kappa shape index (κ2) is 9.39. The molecule has 2 aliphatic heterocycles. The van der Waals surface area contributed by atoms with Crippen LogP contribution in [0.4, 0.5) is 0 Å². The lowest BCUT2D eigenvalue weighted by Crippen LogP contribution is -2.48. The van der Waals surface area contributed by atoms with Gasteiger partial charge in [-0.2, -0.15) is 0 Å². The minimum Gasteiger partial charge on any atom is -0.381 e. The highest BCUT2D eigenvalue weighted by atomic mass is 32.2. The molecule has 0 spiro atoms. The molecule has 2 aliphatic rings. The van der Waals surface area contributed by atoms with Crippen LogP contribution in [0, 0.1) is 0 Å². The van der Waals surface area contributed by atoms with Crippen LogP contribution in [-0.2, 0) is 14.3 Å². The van der Waals surface area contributed by atoms with Gasteiger partial charge in [0, 0.05) is 43.8 Å². The quantitative estimate of drug-likeness (QED) is 0.731. The van der Waals surface area contributed by atoms with E-state index in [4.69, 9.17) is 4.74 Å². The Balaban J connectivity index is 1.54. The fourth-order valence-corrected chi connectivity index (χ4v) is 4.48. The van der Waals surface area contributed by atoms with Crippen molar-refractivity contribution in [2.24, 2.45) is 0 Å². The van der Waals surface area contributed by atoms with Gasteiger partial charge >= 0.3 is 0 Å². The zero-order valence-electron chi connectivity index (χ0n) is 15.1. The number of likely N-dealkylation sites (N-methyl/N-ethyl adjacent to an activating group) is 1. The molecule has 1 aromatic rings. The summed E-state index contributed by atoms with van der Waals surface area (Å²) in [6, 6.07) is 10.1. The zero-order chi connectivity index (χ0) is 18.4. The molecule has 142 valence electrons. The summed E-state index contributed by atoms with van der Waals surface area (Å²) in [5.41, 5.74) is 0. The molecule has 2 amide bonds. The number of ether oxygens (including phenoxy) is 1. The molecule has 6 nitrogen and oxygen atoms in total. The summed E-state index contributed by atoms with van der Waals surface area (Å²) >= 11 is 1.53. The molecule has 0 saturated carbocycles. The highest BCUT2D eigenvalue weighted by Crippen LogP contribution is 2.26. The number of nitrogens with zero attached hydrogens (tertiary/aromatic N) is 1. The van der Waals surface area contributed by atoms with Crippen molar-refractivity contribution in [3.05, 3.63) is 30.3 Å². The molecule has 2 saturated heterocycles. The smallest absolute Gasteiger partial charge is 0.237 e. The van der Waals surface area contributed by atoms with Crippen LogP contribution >= 0.6 is 11.8 Å². The Kier molecular flexibility index (Phi) is 6.93. The molecule has 1 aromatic carbocycles. The van der Waals surface area contributed by atoms with Gasteiger partial charge in [-0.05, 0) is 31.4 Å². The first-order chi connectivity index (χ1) is 12.7. The van der Waals surface area contributed by atoms with Gasteiger partial charge in [-0.25, -0.2) is 0 Å². The van der Waals surface area contributed by atoms with Gasteiger partial charge in [-0.1, -0.05) is 18.2 Å². The Bertz CT molecular complexity index is 607. The number of carbonyl (C=O) groups excluding carboxylic acids is 2. The Morgan fingerprint density at radius 2 is 1.96 bits per heavy atom. The highest BCUT2D eigenvalue weighted by Gasteiger charge is 2.40. The van der Waals surface area contributed by atoms with Crippen molar-refractivity contribution in [1.82, 2.24) is 15.5 Å². The van der Waals surface area contributed by atoms with Gasteiger partial charge in [0.15, 0.2) is 0 Å². The zero-order valence-corrected chi connectivity index (χ0v) is 16.0. The Hall–Kier alpha value is -1.57. The molecule has 2 heterocycles. The van der Waals surface area contributed by atoms with E-state index in [0.717, 1.165) is 37.5 Å². The molecule has 2 atom stereocenters. The van der Waals surface area contributed by atoms with Crippen LogP contribution in [0.1, 0.15) is 19.3 Å². The van der Waals surface area contributed by atoms with Gasteiger partial charge in [0.2, 0.25) is 11.8 Å². The lowest BCUT2D eigenvalue weighted by Gasteiger charge is -2.34. The van der Waals surface area contributed by atoms with E-state index in [9.17, 15) is 9.59 Å². The van der Waals surface area contributed by atoms with Crippen LogP contribution in [0.15, 0.2) is 35.2 Å². The number of rotatable bonds is 6. The third-order valence-corrected chi connectivity index (χ3v) is 6.04. The van der Waals surface area contributed by atoms with E-state index in [1.807, 2.05) is 30.3 Å². The number of nitrogens with one attached hydrogen (secondary N) is 2. The van der Waals surface area contributed by atoms with Gasteiger partial charge in [0.05, 0.1) is 11.8 Å². The summed E-state index contributed by atoms with van der Waals surface area (Å²) in [5, 5.41) is 5.88. The molecule has 3 rings (SSSR count). The van der Waals surface area contributed by atoms with Gasteiger partial charge in [-0.15, -0.1) is 11.8 Å². The molecule has 26 heavy (non-hydrogen) atoms. The molecular weight excluding hydrogens is 350 g/mol. The summed E-state index contributed by atoms with van der Waals surface area (Å²) in [7, 11) is 1.67. The maximum atomic E-state index is 12.3. The van der Waals surface area contributed by atoms with Crippen molar-refractivity contribution in [1.29, 1.82) is 0 Å². The molecule has 0 aromatic heterocycles. The maximum Gasteiger partial charge on any atom is 0.237 e. The summed E-state index contributed by atoms with van der Waals surface area (Å²) < 4.78 is 5.45. The number of likely N-dealkylation sites (tertiary alicyclic amines) is 1. The molecule has 7 heteroatoms. The number of carbonyl (C=O) groups is 2. The van der Waals surface area contributed by atoms with Crippen molar-refractivity contribution in [3.8, 4) is 0 Å². The minimum absolute atomic E-state index is 0.0176. The topological polar surface area (TPSA) is 70.7 Å². The Morgan fingerprint density at radius 1 is 1.23 bits per heavy atom. The minimum atomic E-state index is -0.171. The first-order valence-corrected chi connectivity index (χ1v) is 10.2. The second-order valence-corrected chi connectivity index (χ2v) is 7.82. The van der Waals surface area contributed by atoms with Gasteiger partial charge in [0.25, 0.3) is 0 Å². The van der Waals surface area contributed by atoms with E-state index in [1.165, 1.54) is 11.8 Å². The highest BCUT2D eigenvalue weighted by molar-refractivity contribution is 8.00. The first kappa shape index (κ1) is 19.2. The second-order valence-electron chi connectivity index (χ2n) is 6.77. The van der Waals surface area contributed by atoms with E-state index in [-0.39, 0.29) is 23.9 Å². The van der Waals surface area contributed by atoms with E-state index in [1.54, 1.807) is 7.05 Å². The number of amides is 2. The van der Waals surface area contributed by atoms with Crippen LogP contribution in [0.5, 0.6) is 0 Å². The third kappa shape index (κ3) is 4.99. The standard InChI is InChI=1S/C19H27N3O3S/c1-20-19(24)17-11-14(12-22(17)15-7-9-25-10-8-15)21-18(23)13-26-16-5-3-2-4-6-16/h2-6,14-15,17H,7-13H2,1H3,(H,20,24)(H,21,23)/t14-,17+/m1/s1. The fraction of sp³-hybridized carbons (Fsp3) is 0.579. The van der Waals surface area contributed by atoms with E-state index < -0.39 is 0 Å². The van der Waals surface area contributed by atoms with Crippen molar-refractivity contribution in [2.75, 3.05) is 32.6 Å². The lowest BCUT2D eigenvalue weighted by molar-refractivity contribution is -0.126. The van der Waals surface area contributed by atoms with Crippen molar-refractivity contribution in [2.45, 2.75) is 42.3 Å². The van der Waals surface area contributed by atoms with E-state index in [2.05, 4.69) is 15.5 Å². The average molecular weight is 378 g/mol. The maximum absolute atomic E-state index is 12.3. The van der Waals surface area contributed by atoms with E-state index >= 15 is 0 Å². The monoisotopic (exact) mass is 377 g/mol. The first-order valence-electron chi connectivity index (χ1n) is 9.19. The van der Waals surface area contributed by atoms with E-state index in [0.29, 0.717) is 18.2 Å². The van der Waals surface area contributed by atoms with Crippen LogP contribution < -0.4 is 10.6 Å². The van der Waals surface area contributed by atoms with Crippen LogP contribution in [-0.4, -0.2) is 67.4 Å². The Labute approximate surface area is 159 Å². The van der Waals surface area contributed by atoms with Crippen LogP contribution in [0.3, 0.4) is 0 Å². The predicted molar refractivity (Wildman–Crippen MR) is 102 cm³/mol. The van der Waals surface area contributed by atoms with Gasteiger partial charge in [0.1, 0.15) is 0 Å². The van der Waals surface area contributed by atoms with Crippen molar-refractivity contribution in [3.63, 3.8) is 0 Å². The summed E-state index contributed by atoms with van der Waals surface area (Å²) in [5.74, 6) is 0.447. The van der Waals surface area contributed by atoms with Crippen LogP contribution in [0.2, 0.25) is 0 Å². The molecular formula is C19H27N3O3S. The third-order valence-electron chi connectivity index (χ3n) is 5.03. The summed E-state index contributed by atoms with van der Waals surface area (Å²) in [6.07, 6.45) is 2.55. The number of hydrogen-bond acceptors (Lipinski definition) is 5. The van der Waals surface area contributed by atoms with Gasteiger partial charge in [-0.3, -0.25) is 14.5 Å². The van der Waals surface area contributed by atoms with Gasteiger partial charge < -0.3 is 15.4 Å². The molecule has 0 bridgehead atoms. The Morgan fingerprint density at radius 3 is 2.65 bits per heavy atom. The molecule has 0 radical (unpaired) electrons. The summed E-state index contributed by atoms with van der Waals surface area (Å²) in [6.45, 7) is 2.21. The predicted octanol–water partition coefficient (Wildman–Crippen LogP) is 1.26. The molecule has 0 unspecified atom stereocenters. The van der Waals surface area contributed by atoms with Crippen molar-refractivity contribution >= 4 is 23.6 Å². The molecule has 2 fully saturated rings. The largest absolute Gasteiger partial charge is 0.381 e. The lowest BCUT2D eigenvalue weighted by atomic mass is 10.1. The number of hydrogen-bond donors (Lipinski definition) is 2. The van der Waals surface area contributed by atoms with Crippen LogP contribution in [0.25, 0.3) is 0 Å². The van der Waals surface area contributed by atoms with Crippen molar-refractivity contribution < 1.29 is 14.3 Å². The molecule has 2 N–H and O–H groups in total. The number of benzene rings is 1. The summed E-state index contributed by atoms with van der Waals surface area (Å²) in [4.78, 5) is 28.0. The SMILES string of the molecule is CNC(=O)[C@@H]1C[C@@H](NC(=O)CSc2ccccc2)CN1C1CCOCC1. The average Bonchev–Trinajstić information content (AvgIpc) is 3.11. The normalized spacial score (nSPS) is 24.3. The molecule has 0 aliphatic carbocycles. The number of thioether (sulfide) groups is 1. The fourth-order valence-electron chi connectivity index (χ4n) is 3.75.